The molecule has 0 bridgehead atoms. The van der Waals surface area contributed by atoms with Crippen LogP contribution in [0, 0.1) is 0 Å². The minimum Gasteiger partial charge on any atom is -0.326 e. The molecule has 6 heteroatoms. The zero-order valence-corrected chi connectivity index (χ0v) is 9.53. The third-order valence-electron chi connectivity index (χ3n) is 1.35. The minimum absolute atomic E-state index is 0.344. The molecule has 3 nitrogen and oxygen atoms in total. The van der Waals surface area contributed by atoms with Crippen molar-refractivity contribution in [1.82, 2.24) is 15.0 Å². The maximum atomic E-state index is 5.66. The van der Waals surface area contributed by atoms with E-state index in [2.05, 4.69) is 46.8 Å². The standard InChI is InChI=1S/C6H2Br2ClN3/c7-2-1-3(8)10-5-4(2)11-6(9)12-5/h1H,(H,10,11,12). The molecule has 0 aliphatic heterocycles. The number of aromatic amines is 1. The van der Waals surface area contributed by atoms with Crippen molar-refractivity contribution in [1.29, 1.82) is 0 Å². The van der Waals surface area contributed by atoms with Crippen LogP contribution >= 0.6 is 43.5 Å². The maximum absolute atomic E-state index is 5.66. The van der Waals surface area contributed by atoms with Crippen molar-refractivity contribution in [2.24, 2.45) is 0 Å². The molecule has 0 saturated carbocycles. The van der Waals surface area contributed by atoms with E-state index in [0.29, 0.717) is 10.9 Å². The average Bonchev–Trinajstić information content (AvgIpc) is 2.29. The van der Waals surface area contributed by atoms with Crippen molar-refractivity contribution in [2.75, 3.05) is 0 Å². The number of hydrogen-bond donors (Lipinski definition) is 1. The molecule has 0 spiro atoms. The molecule has 2 aromatic heterocycles. The quantitative estimate of drug-likeness (QED) is 0.760. The summed E-state index contributed by atoms with van der Waals surface area (Å²) < 4.78 is 1.61. The summed E-state index contributed by atoms with van der Waals surface area (Å²) in [7, 11) is 0. The summed E-state index contributed by atoms with van der Waals surface area (Å²) in [6, 6.07) is 1.83. The number of hydrogen-bond acceptors (Lipinski definition) is 2. The molecule has 62 valence electrons. The van der Waals surface area contributed by atoms with E-state index in [1.54, 1.807) is 0 Å². The number of nitrogens with one attached hydrogen (secondary N) is 1. The maximum Gasteiger partial charge on any atom is 0.202 e. The second kappa shape index (κ2) is 2.97. The van der Waals surface area contributed by atoms with Crippen LogP contribution in [0.3, 0.4) is 0 Å². The zero-order chi connectivity index (χ0) is 8.72. The van der Waals surface area contributed by atoms with E-state index in [0.717, 1.165) is 14.6 Å². The first-order chi connectivity index (χ1) is 5.66. The van der Waals surface area contributed by atoms with Crippen LogP contribution in [-0.2, 0) is 0 Å². The molecule has 2 heterocycles. The number of imidazole rings is 1. The Hall–Kier alpha value is -0.130. The third-order valence-corrected chi connectivity index (χ3v) is 2.56. The molecule has 0 saturated heterocycles. The van der Waals surface area contributed by atoms with Gasteiger partial charge in [-0.15, -0.1) is 0 Å². The summed E-state index contributed by atoms with van der Waals surface area (Å²) in [5.41, 5.74) is 1.41. The Labute approximate surface area is 89.8 Å². The van der Waals surface area contributed by atoms with E-state index in [9.17, 15) is 0 Å². The number of fused-ring (bicyclic) bond motifs is 1. The number of nitrogens with zero attached hydrogens (tertiary/aromatic N) is 2. The molecule has 1 N–H and O–H groups in total. The van der Waals surface area contributed by atoms with Crippen molar-refractivity contribution in [3.05, 3.63) is 20.4 Å². The molecule has 2 aromatic rings. The van der Waals surface area contributed by atoms with Gasteiger partial charge in [-0.3, -0.25) is 0 Å². The van der Waals surface area contributed by atoms with E-state index in [1.165, 1.54) is 0 Å². The Morgan fingerprint density at radius 2 is 2.08 bits per heavy atom. The van der Waals surface area contributed by atoms with Gasteiger partial charge in [0.25, 0.3) is 0 Å². The molecule has 0 aliphatic rings. The van der Waals surface area contributed by atoms with Crippen LogP contribution in [0.2, 0.25) is 5.28 Å². The minimum atomic E-state index is 0.344. The lowest BCUT2D eigenvalue weighted by atomic mass is 10.4. The lowest BCUT2D eigenvalue weighted by Gasteiger charge is -1.92. The van der Waals surface area contributed by atoms with E-state index < -0.39 is 0 Å². The molecule has 12 heavy (non-hydrogen) atoms. The fourth-order valence-corrected chi connectivity index (χ4v) is 2.27. The second-order valence-electron chi connectivity index (χ2n) is 2.15. The van der Waals surface area contributed by atoms with Gasteiger partial charge in [0.05, 0.1) is 0 Å². The van der Waals surface area contributed by atoms with Crippen LogP contribution in [0.1, 0.15) is 0 Å². The first-order valence-electron chi connectivity index (χ1n) is 3.04. The summed E-state index contributed by atoms with van der Waals surface area (Å²) in [5, 5.41) is 0.344. The van der Waals surface area contributed by atoms with E-state index in [4.69, 9.17) is 11.6 Å². The SMILES string of the molecule is Clc1nc2nc(Br)cc(Br)c2[nH]1. The predicted octanol–water partition coefficient (Wildman–Crippen LogP) is 3.14. The lowest BCUT2D eigenvalue weighted by molar-refractivity contribution is 1.28. The molecular formula is C6H2Br2ClN3. The highest BCUT2D eigenvalue weighted by molar-refractivity contribution is 9.11. The highest BCUT2D eigenvalue weighted by atomic mass is 79.9. The third kappa shape index (κ3) is 1.36. The second-order valence-corrected chi connectivity index (χ2v) is 4.18. The lowest BCUT2D eigenvalue weighted by Crippen LogP contribution is -1.79. The molecular weight excluding hydrogens is 309 g/mol. The van der Waals surface area contributed by atoms with Gasteiger partial charge in [-0.25, -0.2) is 4.98 Å². The largest absolute Gasteiger partial charge is 0.326 e. The number of rotatable bonds is 0. The Morgan fingerprint density at radius 3 is 2.83 bits per heavy atom. The molecule has 0 aromatic carbocycles. The molecule has 0 aliphatic carbocycles. The highest BCUT2D eigenvalue weighted by Crippen LogP contribution is 2.24. The molecule has 0 atom stereocenters. The molecule has 0 unspecified atom stereocenters. The fraction of sp³-hybridized carbons (Fsp3) is 0. The first kappa shape index (κ1) is 8.47. The van der Waals surface area contributed by atoms with E-state index in [-0.39, 0.29) is 0 Å². The Morgan fingerprint density at radius 1 is 1.33 bits per heavy atom. The summed E-state index contributed by atoms with van der Waals surface area (Å²) in [6.07, 6.45) is 0. The summed E-state index contributed by atoms with van der Waals surface area (Å²) in [5.74, 6) is 0. The number of H-pyrrole nitrogens is 1. The zero-order valence-electron chi connectivity index (χ0n) is 5.61. The summed E-state index contributed by atoms with van der Waals surface area (Å²) >= 11 is 12.3. The monoisotopic (exact) mass is 309 g/mol. The molecule has 0 radical (unpaired) electrons. The van der Waals surface area contributed by atoms with Crippen molar-refractivity contribution in [3.63, 3.8) is 0 Å². The van der Waals surface area contributed by atoms with Gasteiger partial charge in [0.1, 0.15) is 10.1 Å². The Balaban J connectivity index is 2.88. The summed E-state index contributed by atoms with van der Waals surface area (Å²) in [4.78, 5) is 11.0. The Kier molecular flexibility index (Phi) is 2.10. The average molecular weight is 311 g/mol. The predicted molar refractivity (Wildman–Crippen MR) is 54.3 cm³/mol. The number of halogens is 3. The van der Waals surface area contributed by atoms with Crippen LogP contribution in [0.4, 0.5) is 0 Å². The van der Waals surface area contributed by atoms with Crippen LogP contribution in [0.15, 0.2) is 15.1 Å². The van der Waals surface area contributed by atoms with Crippen LogP contribution in [0.25, 0.3) is 11.2 Å². The molecule has 2 rings (SSSR count). The van der Waals surface area contributed by atoms with Crippen LogP contribution in [-0.4, -0.2) is 15.0 Å². The topological polar surface area (TPSA) is 41.6 Å². The molecule has 0 amide bonds. The van der Waals surface area contributed by atoms with Crippen LogP contribution < -0.4 is 0 Å². The number of pyridine rings is 1. The van der Waals surface area contributed by atoms with Gasteiger partial charge in [-0.1, -0.05) is 0 Å². The Bertz CT molecular complexity index is 440. The van der Waals surface area contributed by atoms with Crippen molar-refractivity contribution >= 4 is 54.6 Å². The highest BCUT2D eigenvalue weighted by Gasteiger charge is 2.06. The van der Waals surface area contributed by atoms with Gasteiger partial charge in [-0.05, 0) is 49.5 Å². The van der Waals surface area contributed by atoms with Crippen molar-refractivity contribution in [3.8, 4) is 0 Å². The van der Waals surface area contributed by atoms with Crippen molar-refractivity contribution in [2.45, 2.75) is 0 Å². The fourth-order valence-electron chi connectivity index (χ4n) is 0.893. The van der Waals surface area contributed by atoms with Gasteiger partial charge in [0.15, 0.2) is 5.65 Å². The molecule has 0 fully saturated rings. The first-order valence-corrected chi connectivity index (χ1v) is 5.00. The normalized spacial score (nSPS) is 10.9. The van der Waals surface area contributed by atoms with Crippen molar-refractivity contribution < 1.29 is 0 Å². The van der Waals surface area contributed by atoms with Gasteiger partial charge in [0, 0.05) is 4.47 Å². The van der Waals surface area contributed by atoms with E-state index >= 15 is 0 Å². The summed E-state index contributed by atoms with van der Waals surface area (Å²) in [6.45, 7) is 0. The van der Waals surface area contributed by atoms with Gasteiger partial charge >= 0.3 is 0 Å². The van der Waals surface area contributed by atoms with Crippen LogP contribution in [0.5, 0.6) is 0 Å². The van der Waals surface area contributed by atoms with E-state index in [1.807, 2.05) is 6.07 Å². The van der Waals surface area contributed by atoms with Gasteiger partial charge in [0.2, 0.25) is 5.28 Å². The van der Waals surface area contributed by atoms with Gasteiger partial charge < -0.3 is 4.98 Å². The van der Waals surface area contributed by atoms with Gasteiger partial charge in [-0.2, -0.15) is 4.98 Å². The number of aromatic nitrogens is 3. The smallest absolute Gasteiger partial charge is 0.202 e.